The average molecular weight is 325 g/mol. The van der Waals surface area contributed by atoms with E-state index < -0.39 is 5.60 Å². The Hall–Kier alpha value is -1.65. The first-order valence-electron chi connectivity index (χ1n) is 9.22. The van der Waals surface area contributed by atoms with Crippen molar-refractivity contribution < 1.29 is 4.74 Å². The fourth-order valence-electron chi connectivity index (χ4n) is 4.59. The molecule has 0 aliphatic heterocycles. The van der Waals surface area contributed by atoms with E-state index in [1.54, 1.807) is 0 Å². The van der Waals surface area contributed by atoms with Crippen LogP contribution in [0.3, 0.4) is 0 Å². The lowest BCUT2D eigenvalue weighted by Crippen LogP contribution is -2.43. The molecule has 4 rings (SSSR count). The first kappa shape index (κ1) is 15.9. The second-order valence-electron chi connectivity index (χ2n) is 7.44. The number of hydrogen-bond acceptors (Lipinski definition) is 4. The first-order chi connectivity index (χ1) is 11.7. The van der Waals surface area contributed by atoms with Gasteiger partial charge in [0.1, 0.15) is 11.4 Å². The number of anilines is 1. The number of ether oxygens (including phenoxy) is 1. The van der Waals surface area contributed by atoms with E-state index in [0.717, 1.165) is 44.2 Å². The van der Waals surface area contributed by atoms with Gasteiger partial charge in [0.05, 0.1) is 11.8 Å². The van der Waals surface area contributed by atoms with Gasteiger partial charge in [-0.25, -0.2) is 4.98 Å². The number of aromatic nitrogens is 1. The van der Waals surface area contributed by atoms with Gasteiger partial charge < -0.3 is 16.2 Å². The predicted octanol–water partition coefficient (Wildman–Crippen LogP) is 3.44. The highest BCUT2D eigenvalue weighted by Gasteiger charge is 2.47. The van der Waals surface area contributed by atoms with E-state index in [4.69, 9.17) is 16.2 Å². The molecule has 4 heteroatoms. The summed E-state index contributed by atoms with van der Waals surface area (Å²) < 4.78 is 6.82. The van der Waals surface area contributed by atoms with Crippen LogP contribution in [0.15, 0.2) is 42.0 Å². The quantitative estimate of drug-likeness (QED) is 0.893. The molecule has 3 aliphatic carbocycles. The van der Waals surface area contributed by atoms with Gasteiger partial charge in [-0.3, -0.25) is 0 Å². The van der Waals surface area contributed by atoms with Crippen molar-refractivity contribution in [3.63, 3.8) is 0 Å². The molecule has 24 heavy (non-hydrogen) atoms. The minimum atomic E-state index is -0.470. The predicted molar refractivity (Wildman–Crippen MR) is 96.2 cm³/mol. The Morgan fingerprint density at radius 2 is 1.96 bits per heavy atom. The third kappa shape index (κ3) is 2.78. The number of pyridine rings is 1. The molecule has 2 unspecified atom stereocenters. The van der Waals surface area contributed by atoms with Gasteiger partial charge in [-0.2, -0.15) is 0 Å². The van der Waals surface area contributed by atoms with Crippen LogP contribution in [-0.2, 0) is 10.3 Å². The summed E-state index contributed by atoms with van der Waals surface area (Å²) in [4.78, 5) is 4.66. The third-order valence-corrected chi connectivity index (χ3v) is 5.83. The number of allylic oxidation sites excluding steroid dienone is 2. The van der Waals surface area contributed by atoms with Crippen molar-refractivity contribution >= 4 is 5.82 Å². The molecule has 4 N–H and O–H groups in total. The summed E-state index contributed by atoms with van der Waals surface area (Å²) in [5.41, 5.74) is 14.0. The summed E-state index contributed by atoms with van der Waals surface area (Å²) in [6, 6.07) is 6.22. The van der Waals surface area contributed by atoms with Gasteiger partial charge in [-0.15, -0.1) is 0 Å². The van der Waals surface area contributed by atoms with Gasteiger partial charge in [0.15, 0.2) is 0 Å². The highest BCUT2D eigenvalue weighted by Crippen LogP contribution is 2.50. The van der Waals surface area contributed by atoms with Crippen LogP contribution >= 0.6 is 0 Å². The van der Waals surface area contributed by atoms with E-state index in [-0.39, 0.29) is 6.10 Å². The number of fused-ring (bicyclic) bond motifs is 1. The molecule has 0 spiro atoms. The zero-order valence-corrected chi connectivity index (χ0v) is 14.2. The van der Waals surface area contributed by atoms with Crippen LogP contribution in [0, 0.1) is 5.92 Å². The van der Waals surface area contributed by atoms with Gasteiger partial charge in [-0.05, 0) is 63.2 Å². The van der Waals surface area contributed by atoms with Gasteiger partial charge in [0, 0.05) is 12.0 Å². The molecule has 0 saturated heterocycles. The van der Waals surface area contributed by atoms with Crippen molar-refractivity contribution in [2.45, 2.75) is 62.7 Å². The van der Waals surface area contributed by atoms with Crippen molar-refractivity contribution in [2.75, 3.05) is 5.73 Å². The van der Waals surface area contributed by atoms with E-state index in [1.807, 2.05) is 12.1 Å². The second-order valence-corrected chi connectivity index (χ2v) is 7.44. The monoisotopic (exact) mass is 325 g/mol. The summed E-state index contributed by atoms with van der Waals surface area (Å²) in [5, 5.41) is 0. The molecule has 1 heterocycles. The average Bonchev–Trinajstić information content (AvgIpc) is 3.07. The van der Waals surface area contributed by atoms with Crippen molar-refractivity contribution in [3.8, 4) is 0 Å². The van der Waals surface area contributed by atoms with Crippen LogP contribution in [-0.4, -0.2) is 17.1 Å². The fourth-order valence-corrected chi connectivity index (χ4v) is 4.59. The number of nitrogen functional groups attached to an aromatic ring is 1. The highest BCUT2D eigenvalue weighted by molar-refractivity contribution is 5.40. The molecule has 0 radical (unpaired) electrons. The third-order valence-electron chi connectivity index (χ3n) is 5.83. The Kier molecular flexibility index (Phi) is 4.19. The number of rotatable bonds is 3. The highest BCUT2D eigenvalue weighted by atomic mass is 16.5. The van der Waals surface area contributed by atoms with Crippen LogP contribution in [0.1, 0.15) is 50.6 Å². The van der Waals surface area contributed by atoms with Crippen LogP contribution in [0.25, 0.3) is 0 Å². The summed E-state index contributed by atoms with van der Waals surface area (Å²) in [6.45, 7) is 0. The number of hydrogen-bond donors (Lipinski definition) is 2. The van der Waals surface area contributed by atoms with E-state index in [1.165, 1.54) is 12.0 Å². The van der Waals surface area contributed by atoms with E-state index >= 15 is 0 Å². The molecule has 2 saturated carbocycles. The smallest absolute Gasteiger partial charge is 0.135 e. The van der Waals surface area contributed by atoms with Gasteiger partial charge in [-0.1, -0.05) is 23.8 Å². The molecule has 128 valence electrons. The Bertz CT molecular complexity index is 661. The van der Waals surface area contributed by atoms with Crippen LogP contribution in [0.2, 0.25) is 0 Å². The van der Waals surface area contributed by atoms with Crippen LogP contribution in [0.5, 0.6) is 0 Å². The summed E-state index contributed by atoms with van der Waals surface area (Å²) >= 11 is 0. The molecule has 2 fully saturated rings. The largest absolute Gasteiger partial charge is 0.384 e. The molecule has 0 bridgehead atoms. The lowest BCUT2D eigenvalue weighted by molar-refractivity contribution is -0.109. The molecule has 0 aromatic carbocycles. The van der Waals surface area contributed by atoms with Gasteiger partial charge >= 0.3 is 0 Å². The molecule has 1 aromatic heterocycles. The molecule has 4 nitrogen and oxygen atoms in total. The van der Waals surface area contributed by atoms with E-state index in [0.29, 0.717) is 17.8 Å². The minimum Gasteiger partial charge on any atom is -0.384 e. The first-order valence-corrected chi connectivity index (χ1v) is 9.22. The van der Waals surface area contributed by atoms with Crippen molar-refractivity contribution in [2.24, 2.45) is 11.7 Å². The van der Waals surface area contributed by atoms with Crippen molar-refractivity contribution in [3.05, 3.63) is 47.7 Å². The molecular formula is C20H27N3O. The number of nitrogens with two attached hydrogens (primary N) is 2. The van der Waals surface area contributed by atoms with Gasteiger partial charge in [0.2, 0.25) is 0 Å². The molecule has 3 aliphatic rings. The normalized spacial score (nSPS) is 35.5. The topological polar surface area (TPSA) is 74.2 Å². The fraction of sp³-hybridized carbons (Fsp3) is 0.550. The summed E-state index contributed by atoms with van der Waals surface area (Å²) in [6.07, 6.45) is 14.6. The SMILES string of the molecule is Nc1cccc(C2(OC3CCC(N)CC3)C=CC=C3CCCC32)n1. The maximum atomic E-state index is 6.82. The lowest BCUT2D eigenvalue weighted by atomic mass is 9.76. The zero-order valence-electron chi connectivity index (χ0n) is 14.2. The maximum Gasteiger partial charge on any atom is 0.135 e. The molecule has 2 atom stereocenters. The molecule has 1 aromatic rings. The Labute approximate surface area is 144 Å². The molecular weight excluding hydrogens is 298 g/mol. The summed E-state index contributed by atoms with van der Waals surface area (Å²) in [5.74, 6) is 0.941. The van der Waals surface area contributed by atoms with E-state index in [9.17, 15) is 0 Å². The molecule has 0 amide bonds. The van der Waals surface area contributed by atoms with Crippen molar-refractivity contribution in [1.29, 1.82) is 0 Å². The van der Waals surface area contributed by atoms with Crippen LogP contribution in [0.4, 0.5) is 5.82 Å². The minimum absolute atomic E-state index is 0.248. The Morgan fingerprint density at radius 1 is 1.12 bits per heavy atom. The lowest BCUT2D eigenvalue weighted by Gasteiger charge is -2.42. The van der Waals surface area contributed by atoms with Crippen LogP contribution < -0.4 is 11.5 Å². The Morgan fingerprint density at radius 3 is 2.75 bits per heavy atom. The standard InChI is InChI=1S/C20H27N3O/c21-15-9-11-16(12-10-15)24-20(18-7-2-8-19(22)23-18)13-3-5-14-4-1-6-17(14)20/h2-3,5,7-8,13,15-17H,1,4,6,9-12,21H2,(H2,22,23). The second kappa shape index (κ2) is 6.34. The van der Waals surface area contributed by atoms with Gasteiger partial charge in [0.25, 0.3) is 0 Å². The van der Waals surface area contributed by atoms with Crippen molar-refractivity contribution in [1.82, 2.24) is 4.98 Å². The number of nitrogens with zero attached hydrogens (tertiary/aromatic N) is 1. The Balaban J connectivity index is 1.70. The summed E-state index contributed by atoms with van der Waals surface area (Å²) in [7, 11) is 0. The van der Waals surface area contributed by atoms with E-state index in [2.05, 4.69) is 29.3 Å². The maximum absolute atomic E-state index is 6.82. The zero-order chi connectivity index (χ0) is 16.6.